The monoisotopic (exact) mass is 293 g/mol. The van der Waals surface area contributed by atoms with Crippen LogP contribution in [0.2, 0.25) is 0 Å². The number of pyridine rings is 1. The Morgan fingerprint density at radius 3 is 2.57 bits per heavy atom. The molecule has 1 N–H and O–H groups in total. The predicted molar refractivity (Wildman–Crippen MR) is 84.4 cm³/mol. The second-order valence-electron chi connectivity index (χ2n) is 4.95. The van der Waals surface area contributed by atoms with Crippen LogP contribution in [0.3, 0.4) is 0 Å². The molecule has 1 unspecified atom stereocenters. The third-order valence-corrected chi connectivity index (χ3v) is 3.34. The van der Waals surface area contributed by atoms with Crippen LogP contribution >= 0.6 is 0 Å². The second kappa shape index (κ2) is 8.62. The van der Waals surface area contributed by atoms with E-state index in [1.807, 2.05) is 39.8 Å². The molecule has 0 saturated carbocycles. The Bertz CT molecular complexity index is 459. The maximum Gasteiger partial charge on any atom is 0.263 e. The van der Waals surface area contributed by atoms with Crippen molar-refractivity contribution >= 4 is 5.91 Å². The molecule has 0 aliphatic heterocycles. The Morgan fingerprint density at radius 1 is 1.33 bits per heavy atom. The molecule has 5 nitrogen and oxygen atoms in total. The van der Waals surface area contributed by atoms with E-state index in [0.29, 0.717) is 25.4 Å². The third kappa shape index (κ3) is 5.01. The van der Waals surface area contributed by atoms with Crippen LogP contribution in [-0.2, 0) is 11.3 Å². The zero-order valence-electron chi connectivity index (χ0n) is 13.8. The molecule has 1 aromatic heterocycles. The summed E-state index contributed by atoms with van der Waals surface area (Å²) in [5.74, 6) is 0.685. The molecule has 1 atom stereocenters. The molecule has 0 aromatic carbocycles. The number of carbonyl (C=O) groups is 1. The molecule has 0 spiro atoms. The van der Waals surface area contributed by atoms with Gasteiger partial charge < -0.3 is 15.0 Å². The van der Waals surface area contributed by atoms with Gasteiger partial charge in [0.05, 0.1) is 5.69 Å². The van der Waals surface area contributed by atoms with Gasteiger partial charge in [0, 0.05) is 25.3 Å². The van der Waals surface area contributed by atoms with E-state index in [1.54, 1.807) is 11.8 Å². The van der Waals surface area contributed by atoms with Crippen molar-refractivity contribution in [1.82, 2.24) is 15.2 Å². The summed E-state index contributed by atoms with van der Waals surface area (Å²) in [7, 11) is 0. The van der Waals surface area contributed by atoms with Gasteiger partial charge in [-0.15, -0.1) is 0 Å². The minimum atomic E-state index is -0.505. The fourth-order valence-electron chi connectivity index (χ4n) is 2.11. The number of carbonyl (C=O) groups excluding carboxylic acids is 1. The quantitative estimate of drug-likeness (QED) is 0.798. The van der Waals surface area contributed by atoms with Gasteiger partial charge in [-0.05, 0) is 46.4 Å². The van der Waals surface area contributed by atoms with Crippen molar-refractivity contribution in [2.24, 2.45) is 0 Å². The largest absolute Gasteiger partial charge is 0.479 e. The maximum absolute atomic E-state index is 12.3. The predicted octanol–water partition coefficient (Wildman–Crippen LogP) is 2.14. The maximum atomic E-state index is 12.3. The number of aromatic nitrogens is 1. The smallest absolute Gasteiger partial charge is 0.263 e. The first-order valence-corrected chi connectivity index (χ1v) is 7.66. The van der Waals surface area contributed by atoms with Crippen LogP contribution in [0.4, 0.5) is 0 Å². The SMILES string of the molecule is CCNCc1nc(C)ccc1OC(C)C(=O)N(CC)CC. The van der Waals surface area contributed by atoms with Crippen molar-refractivity contribution in [3.8, 4) is 5.75 Å². The summed E-state index contributed by atoms with van der Waals surface area (Å²) < 4.78 is 5.85. The molecule has 1 aromatic rings. The first-order chi connectivity index (χ1) is 10.0. The van der Waals surface area contributed by atoms with Crippen LogP contribution < -0.4 is 10.1 Å². The van der Waals surface area contributed by atoms with Crippen molar-refractivity contribution in [3.63, 3.8) is 0 Å². The van der Waals surface area contributed by atoms with Gasteiger partial charge in [-0.2, -0.15) is 0 Å². The summed E-state index contributed by atoms with van der Waals surface area (Å²) in [6, 6.07) is 3.79. The van der Waals surface area contributed by atoms with Crippen LogP contribution in [-0.4, -0.2) is 41.5 Å². The zero-order valence-corrected chi connectivity index (χ0v) is 13.8. The van der Waals surface area contributed by atoms with E-state index in [9.17, 15) is 4.79 Å². The Balaban J connectivity index is 2.83. The molecule has 0 radical (unpaired) electrons. The molecular weight excluding hydrogens is 266 g/mol. The lowest BCUT2D eigenvalue weighted by molar-refractivity contribution is -0.137. The van der Waals surface area contributed by atoms with Crippen LogP contribution in [0.25, 0.3) is 0 Å². The highest BCUT2D eigenvalue weighted by molar-refractivity contribution is 5.80. The number of likely N-dealkylation sites (N-methyl/N-ethyl adjacent to an activating group) is 1. The van der Waals surface area contributed by atoms with Gasteiger partial charge in [-0.1, -0.05) is 6.92 Å². The summed E-state index contributed by atoms with van der Waals surface area (Å²) in [6.07, 6.45) is -0.505. The molecule has 118 valence electrons. The molecule has 0 aliphatic rings. The van der Waals surface area contributed by atoms with Crippen LogP contribution in [0, 0.1) is 6.92 Å². The van der Waals surface area contributed by atoms with Gasteiger partial charge >= 0.3 is 0 Å². The fourth-order valence-corrected chi connectivity index (χ4v) is 2.11. The average Bonchev–Trinajstić information content (AvgIpc) is 2.48. The molecular formula is C16H27N3O2. The fraction of sp³-hybridized carbons (Fsp3) is 0.625. The first kappa shape index (κ1) is 17.4. The van der Waals surface area contributed by atoms with Crippen LogP contribution in [0.15, 0.2) is 12.1 Å². The van der Waals surface area contributed by atoms with Crippen molar-refractivity contribution in [3.05, 3.63) is 23.5 Å². The number of aryl methyl sites for hydroxylation is 1. The summed E-state index contributed by atoms with van der Waals surface area (Å²) in [5, 5.41) is 3.24. The Labute approximate surface area is 127 Å². The second-order valence-corrected chi connectivity index (χ2v) is 4.95. The summed E-state index contributed by atoms with van der Waals surface area (Å²) in [6.45, 7) is 12.6. The van der Waals surface area contributed by atoms with Gasteiger partial charge in [-0.3, -0.25) is 9.78 Å². The number of nitrogens with one attached hydrogen (secondary N) is 1. The van der Waals surface area contributed by atoms with E-state index in [0.717, 1.165) is 17.9 Å². The van der Waals surface area contributed by atoms with E-state index >= 15 is 0 Å². The van der Waals surface area contributed by atoms with Gasteiger partial charge in [0.25, 0.3) is 5.91 Å². The van der Waals surface area contributed by atoms with Crippen molar-refractivity contribution in [2.45, 2.75) is 47.3 Å². The van der Waals surface area contributed by atoms with Gasteiger partial charge in [0.2, 0.25) is 0 Å². The Morgan fingerprint density at radius 2 is 2.00 bits per heavy atom. The standard InChI is InChI=1S/C16H27N3O2/c1-6-17-11-14-15(10-9-12(4)18-14)21-13(5)16(20)19(7-2)8-3/h9-10,13,17H,6-8,11H2,1-5H3. The van der Waals surface area contributed by atoms with E-state index in [2.05, 4.69) is 10.3 Å². The highest BCUT2D eigenvalue weighted by atomic mass is 16.5. The third-order valence-electron chi connectivity index (χ3n) is 3.34. The highest BCUT2D eigenvalue weighted by Gasteiger charge is 2.21. The molecule has 1 amide bonds. The van der Waals surface area contributed by atoms with E-state index in [4.69, 9.17) is 4.74 Å². The molecule has 0 fully saturated rings. The van der Waals surface area contributed by atoms with Crippen molar-refractivity contribution in [1.29, 1.82) is 0 Å². The molecule has 1 heterocycles. The Hall–Kier alpha value is -1.62. The van der Waals surface area contributed by atoms with E-state index in [-0.39, 0.29) is 5.91 Å². The molecule has 0 bridgehead atoms. The molecule has 5 heteroatoms. The van der Waals surface area contributed by atoms with Crippen molar-refractivity contribution in [2.75, 3.05) is 19.6 Å². The topological polar surface area (TPSA) is 54.5 Å². The molecule has 0 saturated heterocycles. The zero-order chi connectivity index (χ0) is 15.8. The first-order valence-electron chi connectivity index (χ1n) is 7.66. The van der Waals surface area contributed by atoms with E-state index in [1.165, 1.54) is 0 Å². The Kier molecular flexibility index (Phi) is 7.15. The van der Waals surface area contributed by atoms with Gasteiger partial charge in [-0.25, -0.2) is 0 Å². The lowest BCUT2D eigenvalue weighted by Gasteiger charge is -2.24. The average molecular weight is 293 g/mol. The molecule has 0 aliphatic carbocycles. The van der Waals surface area contributed by atoms with E-state index < -0.39 is 6.10 Å². The van der Waals surface area contributed by atoms with Gasteiger partial charge in [0.1, 0.15) is 5.75 Å². The van der Waals surface area contributed by atoms with Crippen molar-refractivity contribution < 1.29 is 9.53 Å². The van der Waals surface area contributed by atoms with Crippen LogP contribution in [0.1, 0.15) is 39.1 Å². The number of rotatable bonds is 8. The summed E-state index contributed by atoms with van der Waals surface area (Å²) in [5.41, 5.74) is 1.79. The highest BCUT2D eigenvalue weighted by Crippen LogP contribution is 2.19. The number of amides is 1. The van der Waals surface area contributed by atoms with Gasteiger partial charge in [0.15, 0.2) is 6.10 Å². The number of hydrogen-bond acceptors (Lipinski definition) is 4. The number of nitrogens with zero attached hydrogens (tertiary/aromatic N) is 2. The minimum Gasteiger partial charge on any atom is -0.479 e. The lowest BCUT2D eigenvalue weighted by atomic mass is 10.2. The number of hydrogen-bond donors (Lipinski definition) is 1. The summed E-state index contributed by atoms with van der Waals surface area (Å²) >= 11 is 0. The number of ether oxygens (including phenoxy) is 1. The lowest BCUT2D eigenvalue weighted by Crippen LogP contribution is -2.40. The van der Waals surface area contributed by atoms with Crippen LogP contribution in [0.5, 0.6) is 5.75 Å². The minimum absolute atomic E-state index is 0.00924. The normalized spacial score (nSPS) is 12.0. The molecule has 1 rings (SSSR count). The molecule has 21 heavy (non-hydrogen) atoms. The summed E-state index contributed by atoms with van der Waals surface area (Å²) in [4.78, 5) is 18.5.